The third-order valence-electron chi connectivity index (χ3n) is 4.52. The number of benzene rings is 1. The molecule has 4 heteroatoms. The summed E-state index contributed by atoms with van der Waals surface area (Å²) < 4.78 is 0. The van der Waals surface area contributed by atoms with Crippen molar-refractivity contribution < 1.29 is 0 Å². The lowest BCUT2D eigenvalue weighted by Crippen LogP contribution is -2.31. The Morgan fingerprint density at radius 1 is 1.12 bits per heavy atom. The molecule has 0 atom stereocenters. The molecule has 2 aromatic heterocycles. The lowest BCUT2D eigenvalue weighted by atomic mass is 10.0. The molecule has 0 bridgehead atoms. The van der Waals surface area contributed by atoms with Gasteiger partial charge in [-0.3, -0.25) is 9.88 Å². The molecule has 3 heterocycles. The zero-order chi connectivity index (χ0) is 17.1. The van der Waals surface area contributed by atoms with Crippen LogP contribution < -0.4 is 0 Å². The van der Waals surface area contributed by atoms with Crippen LogP contribution in [0, 0.1) is 12.3 Å². The SMILES string of the molecule is C#Cc1ccccc1CN1CCc2nc(-c3ccncc3)ncc2C1. The summed E-state index contributed by atoms with van der Waals surface area (Å²) in [6.07, 6.45) is 12.0. The van der Waals surface area contributed by atoms with Crippen LogP contribution in [0.2, 0.25) is 0 Å². The zero-order valence-corrected chi connectivity index (χ0v) is 13.9. The fourth-order valence-electron chi connectivity index (χ4n) is 3.19. The van der Waals surface area contributed by atoms with Crippen molar-refractivity contribution in [3.63, 3.8) is 0 Å². The average Bonchev–Trinajstić information content (AvgIpc) is 2.68. The summed E-state index contributed by atoms with van der Waals surface area (Å²) in [5.41, 5.74) is 5.51. The molecule has 0 N–H and O–H groups in total. The highest BCUT2D eigenvalue weighted by Gasteiger charge is 2.19. The van der Waals surface area contributed by atoms with Gasteiger partial charge in [-0.1, -0.05) is 24.1 Å². The first-order chi connectivity index (χ1) is 12.3. The highest BCUT2D eigenvalue weighted by molar-refractivity contribution is 5.54. The Morgan fingerprint density at radius 2 is 1.96 bits per heavy atom. The number of hydrogen-bond acceptors (Lipinski definition) is 4. The highest BCUT2D eigenvalue weighted by atomic mass is 15.1. The van der Waals surface area contributed by atoms with Crippen molar-refractivity contribution in [2.45, 2.75) is 19.5 Å². The monoisotopic (exact) mass is 326 g/mol. The lowest BCUT2D eigenvalue weighted by Gasteiger charge is -2.28. The summed E-state index contributed by atoms with van der Waals surface area (Å²) in [6, 6.07) is 12.0. The van der Waals surface area contributed by atoms with E-state index in [9.17, 15) is 0 Å². The van der Waals surface area contributed by atoms with Gasteiger partial charge in [0.1, 0.15) is 0 Å². The maximum Gasteiger partial charge on any atom is 0.159 e. The average molecular weight is 326 g/mol. The van der Waals surface area contributed by atoms with Gasteiger partial charge >= 0.3 is 0 Å². The molecule has 25 heavy (non-hydrogen) atoms. The van der Waals surface area contributed by atoms with E-state index in [1.807, 2.05) is 36.5 Å². The minimum Gasteiger partial charge on any atom is -0.294 e. The molecule has 1 aliphatic heterocycles. The maximum absolute atomic E-state index is 5.61. The summed E-state index contributed by atoms with van der Waals surface area (Å²) in [4.78, 5) is 15.7. The van der Waals surface area contributed by atoms with Gasteiger partial charge in [-0.2, -0.15) is 0 Å². The second-order valence-electron chi connectivity index (χ2n) is 6.16. The molecule has 0 saturated carbocycles. The Balaban J connectivity index is 1.53. The van der Waals surface area contributed by atoms with Crippen LogP contribution in [0.4, 0.5) is 0 Å². The highest BCUT2D eigenvalue weighted by Crippen LogP contribution is 2.22. The predicted molar refractivity (Wildman–Crippen MR) is 97.5 cm³/mol. The predicted octanol–water partition coefficient (Wildman–Crippen LogP) is 3.08. The quantitative estimate of drug-likeness (QED) is 0.694. The lowest BCUT2D eigenvalue weighted by molar-refractivity contribution is 0.243. The van der Waals surface area contributed by atoms with Crippen LogP contribution in [0.3, 0.4) is 0 Å². The second kappa shape index (κ2) is 6.84. The summed E-state index contributed by atoms with van der Waals surface area (Å²) >= 11 is 0. The van der Waals surface area contributed by atoms with Gasteiger partial charge in [0.2, 0.25) is 0 Å². The molecule has 3 aromatic rings. The number of fused-ring (bicyclic) bond motifs is 1. The van der Waals surface area contributed by atoms with Gasteiger partial charge in [-0.15, -0.1) is 6.42 Å². The first kappa shape index (κ1) is 15.5. The third kappa shape index (κ3) is 3.28. The van der Waals surface area contributed by atoms with Crippen molar-refractivity contribution in [3.05, 3.63) is 77.4 Å². The Morgan fingerprint density at radius 3 is 2.80 bits per heavy atom. The molecule has 0 unspecified atom stereocenters. The smallest absolute Gasteiger partial charge is 0.159 e. The van der Waals surface area contributed by atoms with Gasteiger partial charge in [-0.05, 0) is 23.8 Å². The number of nitrogens with zero attached hydrogens (tertiary/aromatic N) is 4. The number of aromatic nitrogens is 3. The number of hydrogen-bond donors (Lipinski definition) is 0. The molecular formula is C21H18N4. The molecule has 1 aliphatic rings. The van der Waals surface area contributed by atoms with Gasteiger partial charge < -0.3 is 0 Å². The van der Waals surface area contributed by atoms with Crippen molar-refractivity contribution in [2.75, 3.05) is 6.54 Å². The molecule has 4 rings (SSSR count). The van der Waals surface area contributed by atoms with E-state index >= 15 is 0 Å². The van der Waals surface area contributed by atoms with Gasteiger partial charge in [0.05, 0.1) is 5.69 Å². The van der Waals surface area contributed by atoms with Crippen LogP contribution in [-0.4, -0.2) is 26.4 Å². The summed E-state index contributed by atoms with van der Waals surface area (Å²) in [5, 5.41) is 0. The van der Waals surface area contributed by atoms with Crippen LogP contribution in [0.25, 0.3) is 11.4 Å². The van der Waals surface area contributed by atoms with E-state index in [1.54, 1.807) is 12.4 Å². The first-order valence-electron chi connectivity index (χ1n) is 8.35. The fraction of sp³-hybridized carbons (Fsp3) is 0.190. The molecule has 0 spiro atoms. The molecule has 0 aliphatic carbocycles. The topological polar surface area (TPSA) is 41.9 Å². The van der Waals surface area contributed by atoms with Crippen molar-refractivity contribution in [1.82, 2.24) is 19.9 Å². The van der Waals surface area contributed by atoms with Crippen molar-refractivity contribution in [1.29, 1.82) is 0 Å². The second-order valence-corrected chi connectivity index (χ2v) is 6.16. The molecule has 4 nitrogen and oxygen atoms in total. The maximum atomic E-state index is 5.61. The number of pyridine rings is 1. The molecule has 0 amide bonds. The molecule has 122 valence electrons. The van der Waals surface area contributed by atoms with E-state index < -0.39 is 0 Å². The summed E-state index contributed by atoms with van der Waals surface area (Å²) in [5.74, 6) is 3.54. The van der Waals surface area contributed by atoms with Gasteiger partial charge in [-0.25, -0.2) is 9.97 Å². The van der Waals surface area contributed by atoms with Crippen LogP contribution in [0.15, 0.2) is 55.0 Å². The van der Waals surface area contributed by atoms with Crippen molar-refractivity contribution in [3.8, 4) is 23.7 Å². The Kier molecular flexibility index (Phi) is 4.24. The van der Waals surface area contributed by atoms with Crippen LogP contribution in [0.1, 0.15) is 22.4 Å². The van der Waals surface area contributed by atoms with Crippen molar-refractivity contribution >= 4 is 0 Å². The van der Waals surface area contributed by atoms with Crippen molar-refractivity contribution in [2.24, 2.45) is 0 Å². The largest absolute Gasteiger partial charge is 0.294 e. The van der Waals surface area contributed by atoms with E-state index in [4.69, 9.17) is 11.4 Å². The summed E-state index contributed by atoms with van der Waals surface area (Å²) in [7, 11) is 0. The number of terminal acetylenes is 1. The van der Waals surface area contributed by atoms with E-state index in [2.05, 4.69) is 26.9 Å². The molecule has 1 aromatic carbocycles. The zero-order valence-electron chi connectivity index (χ0n) is 13.9. The van der Waals surface area contributed by atoms with Gasteiger partial charge in [0.25, 0.3) is 0 Å². The first-order valence-corrected chi connectivity index (χ1v) is 8.35. The Bertz CT molecular complexity index is 928. The van der Waals surface area contributed by atoms with E-state index in [1.165, 1.54) is 11.1 Å². The van der Waals surface area contributed by atoms with Crippen LogP contribution in [-0.2, 0) is 19.5 Å². The molecule has 0 saturated heterocycles. The van der Waals surface area contributed by atoms with Gasteiger partial charge in [0, 0.05) is 61.3 Å². The normalized spacial score (nSPS) is 13.9. The number of rotatable bonds is 3. The van der Waals surface area contributed by atoms with Crippen LogP contribution >= 0.6 is 0 Å². The molecule has 0 fully saturated rings. The van der Waals surface area contributed by atoms with E-state index in [0.717, 1.165) is 48.7 Å². The summed E-state index contributed by atoms with van der Waals surface area (Å²) in [6.45, 7) is 2.68. The van der Waals surface area contributed by atoms with E-state index in [0.29, 0.717) is 0 Å². The van der Waals surface area contributed by atoms with Gasteiger partial charge in [0.15, 0.2) is 5.82 Å². The molecular weight excluding hydrogens is 308 g/mol. The minimum absolute atomic E-state index is 0.771. The fourth-order valence-corrected chi connectivity index (χ4v) is 3.19. The third-order valence-corrected chi connectivity index (χ3v) is 4.52. The Labute approximate surface area is 147 Å². The standard InChI is InChI=1S/C21H18N4/c1-2-16-5-3-4-6-18(16)14-25-12-9-20-19(15-25)13-23-21(24-20)17-7-10-22-11-8-17/h1,3-8,10-11,13H,9,12,14-15H2. The Hall–Kier alpha value is -3.03. The molecule has 0 radical (unpaired) electrons. The minimum atomic E-state index is 0.771. The van der Waals surface area contributed by atoms with E-state index in [-0.39, 0.29) is 0 Å². The van der Waals surface area contributed by atoms with Crippen LogP contribution in [0.5, 0.6) is 0 Å².